The Labute approximate surface area is 289 Å². The van der Waals surface area contributed by atoms with E-state index in [4.69, 9.17) is 5.11 Å². The van der Waals surface area contributed by atoms with Crippen LogP contribution >= 0.6 is 0 Å². The van der Waals surface area contributed by atoms with E-state index in [0.717, 1.165) is 89.0 Å². The van der Waals surface area contributed by atoms with Crippen LogP contribution in [-0.2, 0) is 14.4 Å². The van der Waals surface area contributed by atoms with Crippen molar-refractivity contribution < 1.29 is 29.7 Å². The topological polar surface area (TPSA) is 136 Å². The maximum atomic E-state index is 14.3. The lowest BCUT2D eigenvalue weighted by Crippen LogP contribution is -2.67. The molecule has 2 amide bonds. The van der Waals surface area contributed by atoms with Gasteiger partial charge in [-0.05, 0) is 134 Å². The Morgan fingerprint density at radius 1 is 0.771 bits per heavy atom. The average molecular weight is 671 g/mol. The molecule has 1 unspecified atom stereocenters. The van der Waals surface area contributed by atoms with Crippen LogP contribution in [0.5, 0.6) is 0 Å². The van der Waals surface area contributed by atoms with E-state index in [1.165, 1.54) is 12.8 Å². The second-order valence-corrected chi connectivity index (χ2v) is 18.1. The fraction of sp³-hybridized carbons (Fsp3) is 0.875. The summed E-state index contributed by atoms with van der Waals surface area (Å²) in [5, 5.41) is 35.9. The van der Waals surface area contributed by atoms with Crippen LogP contribution in [0.25, 0.3) is 0 Å². The van der Waals surface area contributed by atoms with Gasteiger partial charge < -0.3 is 26.0 Å². The molecule has 5 saturated carbocycles. The predicted octanol–water partition coefficient (Wildman–Crippen LogP) is 6.63. The van der Waals surface area contributed by atoms with E-state index in [1.807, 2.05) is 0 Å². The van der Waals surface area contributed by atoms with Gasteiger partial charge in [0.2, 0.25) is 11.8 Å². The number of unbranched alkanes of at least 4 members (excludes halogenated alkanes) is 4. The number of carbonyl (C=O) groups excluding carboxylic acids is 2. The third-order valence-electron chi connectivity index (χ3n) is 15.9. The third kappa shape index (κ3) is 6.17. The molecule has 0 spiro atoms. The Morgan fingerprint density at radius 2 is 1.48 bits per heavy atom. The zero-order chi connectivity index (χ0) is 35.1. The molecule has 8 heteroatoms. The molecule has 272 valence electrons. The number of aliphatic hydroxyl groups excluding tert-OH is 2. The highest BCUT2D eigenvalue weighted by atomic mass is 16.4. The van der Waals surface area contributed by atoms with Gasteiger partial charge in [-0.2, -0.15) is 0 Å². The molecular formula is C40H66N2O6. The summed E-state index contributed by atoms with van der Waals surface area (Å²) in [6.45, 7) is 17.0. The van der Waals surface area contributed by atoms with E-state index >= 15 is 0 Å². The lowest BCUT2D eigenvalue weighted by Gasteiger charge is -2.72. The van der Waals surface area contributed by atoms with E-state index < -0.39 is 11.4 Å². The van der Waals surface area contributed by atoms with Gasteiger partial charge in [0.25, 0.3) is 0 Å². The molecule has 48 heavy (non-hydrogen) atoms. The van der Waals surface area contributed by atoms with Crippen molar-refractivity contribution in [1.82, 2.24) is 10.6 Å². The summed E-state index contributed by atoms with van der Waals surface area (Å²) in [6.07, 6.45) is 15.0. The predicted molar refractivity (Wildman–Crippen MR) is 188 cm³/mol. The number of amides is 2. The number of carboxylic acid groups (broad SMARTS) is 1. The van der Waals surface area contributed by atoms with Crippen molar-refractivity contribution in [2.75, 3.05) is 19.7 Å². The highest BCUT2D eigenvalue weighted by molar-refractivity contribution is 5.84. The van der Waals surface area contributed by atoms with Crippen LogP contribution in [0, 0.1) is 56.7 Å². The molecule has 0 bridgehead atoms. The quantitative estimate of drug-likeness (QED) is 0.110. The Morgan fingerprint density at radius 3 is 2.19 bits per heavy atom. The second kappa shape index (κ2) is 14.0. The molecule has 0 aliphatic heterocycles. The van der Waals surface area contributed by atoms with Crippen molar-refractivity contribution in [2.45, 2.75) is 143 Å². The molecule has 0 aromatic heterocycles. The molecule has 5 rings (SSSR count). The second-order valence-electron chi connectivity index (χ2n) is 18.1. The van der Waals surface area contributed by atoms with Gasteiger partial charge in [-0.3, -0.25) is 14.4 Å². The maximum Gasteiger partial charge on any atom is 0.322 e. The minimum absolute atomic E-state index is 0.0133. The minimum Gasteiger partial charge on any atom is -0.480 e. The van der Waals surface area contributed by atoms with E-state index in [-0.39, 0.29) is 64.6 Å². The highest BCUT2D eigenvalue weighted by Crippen LogP contribution is 2.77. The van der Waals surface area contributed by atoms with Gasteiger partial charge in [-0.25, -0.2) is 0 Å². The number of hydrogen-bond acceptors (Lipinski definition) is 5. The molecule has 0 heterocycles. The first kappa shape index (κ1) is 37.3. The molecule has 0 saturated heterocycles. The van der Waals surface area contributed by atoms with Crippen molar-refractivity contribution in [1.29, 1.82) is 0 Å². The molecular weight excluding hydrogens is 604 g/mol. The zero-order valence-electron chi connectivity index (χ0n) is 30.7. The number of nitrogens with one attached hydrogen (secondary N) is 2. The largest absolute Gasteiger partial charge is 0.480 e. The first-order chi connectivity index (χ1) is 22.6. The van der Waals surface area contributed by atoms with Crippen molar-refractivity contribution in [2.24, 2.45) is 56.7 Å². The molecule has 0 radical (unpaired) electrons. The molecule has 0 aromatic rings. The number of rotatable bonds is 13. The third-order valence-corrected chi connectivity index (χ3v) is 15.9. The van der Waals surface area contributed by atoms with Gasteiger partial charge in [0.15, 0.2) is 0 Å². The first-order valence-electron chi connectivity index (χ1n) is 19.3. The van der Waals surface area contributed by atoms with Crippen LogP contribution in [0.2, 0.25) is 0 Å². The van der Waals surface area contributed by atoms with Crippen LogP contribution in [0.4, 0.5) is 0 Å². The molecule has 10 atom stereocenters. The van der Waals surface area contributed by atoms with Crippen molar-refractivity contribution >= 4 is 17.8 Å². The van der Waals surface area contributed by atoms with Gasteiger partial charge in [-0.1, -0.05) is 60.5 Å². The molecule has 5 fully saturated rings. The lowest BCUT2D eigenvalue weighted by molar-refractivity contribution is -0.246. The first-order valence-corrected chi connectivity index (χ1v) is 19.3. The minimum atomic E-state index is -1.03. The van der Waals surface area contributed by atoms with Crippen LogP contribution in [0.3, 0.4) is 0 Å². The Hall–Kier alpha value is -1.93. The highest BCUT2D eigenvalue weighted by Gasteiger charge is 2.71. The van der Waals surface area contributed by atoms with Crippen molar-refractivity contribution in [3.8, 4) is 0 Å². The number of aliphatic carboxylic acids is 1. The summed E-state index contributed by atoms with van der Waals surface area (Å²) in [5.41, 5.74) is 0.931. The number of carbonyl (C=O) groups is 3. The molecule has 5 aliphatic rings. The Bertz CT molecular complexity index is 1230. The fourth-order valence-electron chi connectivity index (χ4n) is 13.1. The van der Waals surface area contributed by atoms with E-state index in [9.17, 15) is 24.6 Å². The van der Waals surface area contributed by atoms with Gasteiger partial charge in [0, 0.05) is 13.0 Å². The maximum absolute atomic E-state index is 14.3. The fourth-order valence-corrected chi connectivity index (χ4v) is 13.1. The monoisotopic (exact) mass is 670 g/mol. The van der Waals surface area contributed by atoms with E-state index in [1.54, 1.807) is 0 Å². The van der Waals surface area contributed by atoms with E-state index in [0.29, 0.717) is 30.7 Å². The van der Waals surface area contributed by atoms with Crippen LogP contribution in [0.1, 0.15) is 137 Å². The van der Waals surface area contributed by atoms with Crippen LogP contribution in [-0.4, -0.2) is 58.9 Å². The van der Waals surface area contributed by atoms with Gasteiger partial charge in [0.05, 0.1) is 18.1 Å². The van der Waals surface area contributed by atoms with E-state index in [2.05, 4.69) is 51.8 Å². The molecule has 0 aromatic carbocycles. The summed E-state index contributed by atoms with van der Waals surface area (Å²) in [5.74, 6) is 0.894. The lowest BCUT2D eigenvalue weighted by atomic mass is 9.32. The van der Waals surface area contributed by atoms with Gasteiger partial charge in [0.1, 0.15) is 6.54 Å². The molecule has 5 aliphatic carbocycles. The Balaban J connectivity index is 1.25. The van der Waals surface area contributed by atoms with Crippen molar-refractivity contribution in [3.63, 3.8) is 0 Å². The van der Waals surface area contributed by atoms with Gasteiger partial charge in [-0.15, -0.1) is 0 Å². The molecule has 5 N–H and O–H groups in total. The summed E-state index contributed by atoms with van der Waals surface area (Å²) in [4.78, 5) is 36.7. The summed E-state index contributed by atoms with van der Waals surface area (Å²) >= 11 is 0. The normalized spacial score (nSPS) is 41.2. The summed E-state index contributed by atoms with van der Waals surface area (Å²) < 4.78 is 0. The zero-order valence-corrected chi connectivity index (χ0v) is 30.7. The summed E-state index contributed by atoms with van der Waals surface area (Å²) in [7, 11) is 0. The van der Waals surface area contributed by atoms with Crippen molar-refractivity contribution in [3.05, 3.63) is 12.2 Å². The number of fused-ring (bicyclic) bond motifs is 7. The Kier molecular flexibility index (Phi) is 10.9. The van der Waals surface area contributed by atoms with Crippen LogP contribution in [0.15, 0.2) is 12.2 Å². The summed E-state index contributed by atoms with van der Waals surface area (Å²) in [6, 6.07) is 0. The standard InChI is InChI=1S/C40H66N2O6/c1-26(25-43)27-15-20-40(35(48)41-23-11-9-7-8-10-12-32(45)42-24-33(46)47)22-21-38(5)28(34(27)40)13-14-30-37(4)18-17-31(44)36(2,3)29(37)16-19-39(30,38)6/h27-31,34,43-44H,1,7-25H2,2-6H3,(H,41,48)(H,42,45)(H,46,47)/t27-,28+,29-,30?,31-,34+,37-,38+,39+,40-/m0/s1. The number of hydrogen-bond donors (Lipinski definition) is 5. The number of carboxylic acids is 1. The molecule has 8 nitrogen and oxygen atoms in total. The SMILES string of the molecule is C=C(CO)[C@@H]1CC[C@]2(C(=O)NCCCCCCCC(=O)NCC(=O)O)CC[C@]3(C)[C@H](CCC4[C@@]5(C)CC[C@H](O)C(C)(C)[C@@H]5CC[C@]43C)[C@@H]12. The van der Waals surface area contributed by atoms with Gasteiger partial charge >= 0.3 is 5.97 Å². The van der Waals surface area contributed by atoms with Crippen LogP contribution < -0.4 is 10.6 Å². The smallest absolute Gasteiger partial charge is 0.322 e. The number of aliphatic hydroxyl groups is 2. The average Bonchev–Trinajstić information content (AvgIpc) is 3.44.